The Morgan fingerprint density at radius 1 is 1.33 bits per heavy atom. The molecule has 1 fully saturated rings. The molecule has 0 radical (unpaired) electrons. The van der Waals surface area contributed by atoms with Gasteiger partial charge in [0.1, 0.15) is 10.7 Å². The molecule has 1 aliphatic carbocycles. The Morgan fingerprint density at radius 2 is 2.06 bits per heavy atom. The van der Waals surface area contributed by atoms with Crippen LogP contribution in [0.4, 0.5) is 4.39 Å². The van der Waals surface area contributed by atoms with E-state index in [0.29, 0.717) is 16.6 Å². The van der Waals surface area contributed by atoms with Gasteiger partial charge in [-0.15, -0.1) is 0 Å². The molecule has 1 aromatic carbocycles. The fourth-order valence-electron chi connectivity index (χ4n) is 1.62. The van der Waals surface area contributed by atoms with Crippen molar-refractivity contribution in [1.29, 1.82) is 0 Å². The van der Waals surface area contributed by atoms with Crippen molar-refractivity contribution in [2.45, 2.75) is 18.9 Å². The molecule has 0 saturated heterocycles. The molecule has 0 aliphatic heterocycles. The fraction of sp³-hybridized carbons (Fsp3) is 0.231. The van der Waals surface area contributed by atoms with Gasteiger partial charge in [0, 0.05) is 11.6 Å². The maximum atomic E-state index is 12.8. The van der Waals surface area contributed by atoms with Crippen LogP contribution in [-0.4, -0.2) is 16.3 Å². The van der Waals surface area contributed by atoms with Crippen LogP contribution in [0.1, 0.15) is 22.5 Å². The summed E-state index contributed by atoms with van der Waals surface area (Å²) in [6.07, 6.45) is 2.13. The lowest BCUT2D eigenvalue weighted by atomic mass is 10.1. The van der Waals surface area contributed by atoms with Crippen molar-refractivity contribution in [3.05, 3.63) is 41.0 Å². The van der Waals surface area contributed by atoms with Crippen LogP contribution in [0, 0.1) is 5.82 Å². The molecule has 1 amide bonds. The van der Waals surface area contributed by atoms with Gasteiger partial charge in [0.05, 0.1) is 5.69 Å². The third kappa shape index (κ3) is 2.41. The maximum absolute atomic E-state index is 12.8. The number of aromatic nitrogens is 1. The Hall–Kier alpha value is -1.75. The highest BCUT2D eigenvalue weighted by Crippen LogP contribution is 2.24. The van der Waals surface area contributed by atoms with Gasteiger partial charge in [-0.1, -0.05) is 0 Å². The molecule has 3 nitrogen and oxygen atoms in total. The minimum Gasteiger partial charge on any atom is -0.349 e. The van der Waals surface area contributed by atoms with Crippen molar-refractivity contribution in [2.24, 2.45) is 0 Å². The molecule has 0 atom stereocenters. The first kappa shape index (κ1) is 11.3. The van der Waals surface area contributed by atoms with Crippen molar-refractivity contribution in [3.8, 4) is 11.3 Å². The van der Waals surface area contributed by atoms with Gasteiger partial charge in [-0.3, -0.25) is 4.79 Å². The minimum absolute atomic E-state index is 0.0663. The fourth-order valence-corrected chi connectivity index (χ4v) is 2.28. The van der Waals surface area contributed by atoms with Gasteiger partial charge in [0.15, 0.2) is 0 Å². The lowest BCUT2D eigenvalue weighted by molar-refractivity contribution is 0.0955. The van der Waals surface area contributed by atoms with Gasteiger partial charge < -0.3 is 5.32 Å². The summed E-state index contributed by atoms with van der Waals surface area (Å²) in [6, 6.07) is 8.18. The Labute approximate surface area is 108 Å². The number of amides is 1. The van der Waals surface area contributed by atoms with Gasteiger partial charge in [-0.2, -0.15) is 4.37 Å². The summed E-state index contributed by atoms with van der Waals surface area (Å²) in [7, 11) is 0. The monoisotopic (exact) mass is 262 g/mol. The standard InChI is InChI=1S/C13H11FN2OS/c14-9-3-1-8(2-4-9)11-7-12(18-16-11)13(17)15-10-5-6-10/h1-4,7,10H,5-6H2,(H,15,17). The normalized spacial score (nSPS) is 14.5. The number of hydrogen-bond donors (Lipinski definition) is 1. The second kappa shape index (κ2) is 4.49. The first-order chi connectivity index (χ1) is 8.72. The second-order valence-electron chi connectivity index (χ2n) is 4.33. The number of hydrogen-bond acceptors (Lipinski definition) is 3. The molecular weight excluding hydrogens is 251 g/mol. The van der Waals surface area contributed by atoms with E-state index in [0.717, 1.165) is 18.4 Å². The number of rotatable bonds is 3. The summed E-state index contributed by atoms with van der Waals surface area (Å²) in [5, 5.41) is 2.92. The summed E-state index contributed by atoms with van der Waals surface area (Å²) in [5.41, 5.74) is 1.53. The molecule has 92 valence electrons. The average molecular weight is 262 g/mol. The smallest absolute Gasteiger partial charge is 0.263 e. The SMILES string of the molecule is O=C(NC1CC1)c1cc(-c2ccc(F)cc2)ns1. The van der Waals surface area contributed by atoms with Crippen LogP contribution >= 0.6 is 11.5 Å². The predicted molar refractivity (Wildman–Crippen MR) is 68.0 cm³/mol. The molecule has 5 heteroatoms. The van der Waals surface area contributed by atoms with E-state index < -0.39 is 0 Å². The van der Waals surface area contributed by atoms with Crippen molar-refractivity contribution in [3.63, 3.8) is 0 Å². The van der Waals surface area contributed by atoms with Crippen LogP contribution in [0.5, 0.6) is 0 Å². The summed E-state index contributed by atoms with van der Waals surface area (Å²) >= 11 is 1.17. The van der Waals surface area contributed by atoms with Gasteiger partial charge >= 0.3 is 0 Å². The molecule has 1 N–H and O–H groups in total. The van der Waals surface area contributed by atoms with Crippen LogP contribution in [0.15, 0.2) is 30.3 Å². The molecule has 1 aliphatic rings. The average Bonchev–Trinajstić information content (AvgIpc) is 3.04. The highest BCUT2D eigenvalue weighted by atomic mass is 32.1. The predicted octanol–water partition coefficient (Wildman–Crippen LogP) is 2.84. The number of nitrogens with one attached hydrogen (secondary N) is 1. The van der Waals surface area contributed by atoms with E-state index in [2.05, 4.69) is 9.69 Å². The highest BCUT2D eigenvalue weighted by Gasteiger charge is 2.24. The second-order valence-corrected chi connectivity index (χ2v) is 5.14. The zero-order valence-corrected chi connectivity index (χ0v) is 10.3. The third-order valence-corrected chi connectivity index (χ3v) is 3.57. The number of benzene rings is 1. The summed E-state index contributed by atoms with van der Waals surface area (Å²) in [6.45, 7) is 0. The largest absolute Gasteiger partial charge is 0.349 e. The number of carbonyl (C=O) groups excluding carboxylic acids is 1. The quantitative estimate of drug-likeness (QED) is 0.924. The van der Waals surface area contributed by atoms with E-state index in [-0.39, 0.29) is 11.7 Å². The Morgan fingerprint density at radius 3 is 2.72 bits per heavy atom. The minimum atomic E-state index is -0.277. The van der Waals surface area contributed by atoms with E-state index in [1.165, 1.54) is 23.7 Å². The summed E-state index contributed by atoms with van der Waals surface area (Å²) in [5.74, 6) is -0.343. The molecule has 18 heavy (non-hydrogen) atoms. The van der Waals surface area contributed by atoms with Crippen molar-refractivity contribution in [1.82, 2.24) is 9.69 Å². The van der Waals surface area contributed by atoms with E-state index in [9.17, 15) is 9.18 Å². The van der Waals surface area contributed by atoms with Crippen LogP contribution in [0.25, 0.3) is 11.3 Å². The molecule has 0 unspecified atom stereocenters. The van der Waals surface area contributed by atoms with Gasteiger partial charge in [-0.05, 0) is 54.7 Å². The Kier molecular flexibility index (Phi) is 2.83. The number of nitrogens with zero attached hydrogens (tertiary/aromatic N) is 1. The molecule has 1 saturated carbocycles. The van der Waals surface area contributed by atoms with Gasteiger partial charge in [0.2, 0.25) is 0 Å². The summed E-state index contributed by atoms with van der Waals surface area (Å²) < 4.78 is 17.0. The molecule has 1 aromatic heterocycles. The topological polar surface area (TPSA) is 42.0 Å². The number of halogens is 1. The Bertz CT molecular complexity index is 575. The molecular formula is C13H11FN2OS. The van der Waals surface area contributed by atoms with Crippen LogP contribution < -0.4 is 5.32 Å². The summed E-state index contributed by atoms with van der Waals surface area (Å²) in [4.78, 5) is 12.4. The highest BCUT2D eigenvalue weighted by molar-refractivity contribution is 7.08. The number of carbonyl (C=O) groups is 1. The Balaban J connectivity index is 1.79. The zero-order chi connectivity index (χ0) is 12.5. The lowest BCUT2D eigenvalue weighted by Crippen LogP contribution is -2.24. The maximum Gasteiger partial charge on any atom is 0.263 e. The third-order valence-electron chi connectivity index (χ3n) is 2.79. The first-order valence-corrected chi connectivity index (χ1v) is 6.53. The van der Waals surface area contributed by atoms with Crippen molar-refractivity contribution < 1.29 is 9.18 Å². The molecule has 0 spiro atoms. The molecule has 2 aromatic rings. The van der Waals surface area contributed by atoms with Crippen LogP contribution in [0.2, 0.25) is 0 Å². The molecule has 0 bridgehead atoms. The van der Waals surface area contributed by atoms with Crippen molar-refractivity contribution >= 4 is 17.4 Å². The zero-order valence-electron chi connectivity index (χ0n) is 9.52. The van der Waals surface area contributed by atoms with Crippen molar-refractivity contribution in [2.75, 3.05) is 0 Å². The first-order valence-electron chi connectivity index (χ1n) is 5.76. The van der Waals surface area contributed by atoms with E-state index in [1.54, 1.807) is 18.2 Å². The molecule has 3 rings (SSSR count). The van der Waals surface area contributed by atoms with Crippen LogP contribution in [0.3, 0.4) is 0 Å². The van der Waals surface area contributed by atoms with Gasteiger partial charge in [-0.25, -0.2) is 4.39 Å². The van der Waals surface area contributed by atoms with E-state index >= 15 is 0 Å². The van der Waals surface area contributed by atoms with E-state index in [1.807, 2.05) is 0 Å². The van der Waals surface area contributed by atoms with Crippen LogP contribution in [-0.2, 0) is 0 Å². The molecule has 1 heterocycles. The lowest BCUT2D eigenvalue weighted by Gasteiger charge is -1.98. The van der Waals surface area contributed by atoms with Gasteiger partial charge in [0.25, 0.3) is 5.91 Å². The van der Waals surface area contributed by atoms with E-state index in [4.69, 9.17) is 0 Å².